The van der Waals surface area contributed by atoms with E-state index in [1.54, 1.807) is 28.3 Å². The molecule has 0 fully saturated rings. The molecule has 0 saturated carbocycles. The Labute approximate surface area is 194 Å². The molecular formula is C26H25F2N3OS. The fraction of sp³-hybridized carbons (Fsp3) is 0.308. The minimum atomic E-state index is -0.823. The molecule has 2 aromatic carbocycles. The third-order valence-corrected chi connectivity index (χ3v) is 7.52. The van der Waals surface area contributed by atoms with Crippen LogP contribution in [-0.2, 0) is 32.4 Å². The van der Waals surface area contributed by atoms with E-state index in [0.29, 0.717) is 12.1 Å². The van der Waals surface area contributed by atoms with E-state index in [0.717, 1.165) is 54.0 Å². The number of aromatic nitrogens is 2. The molecule has 5 rings (SSSR count). The van der Waals surface area contributed by atoms with Crippen LogP contribution in [0.3, 0.4) is 0 Å². The molecule has 1 unspecified atom stereocenters. The highest BCUT2D eigenvalue weighted by Crippen LogP contribution is 2.33. The molecule has 0 radical (unpaired) electrons. The van der Waals surface area contributed by atoms with E-state index in [1.807, 2.05) is 18.2 Å². The SMILES string of the molecule is O=c1c2c3c(sc2ncn1CCCc1ccccc1)CC(NCc1cccc(F)c1F)CC3. The molecule has 1 atom stereocenters. The first-order valence-electron chi connectivity index (χ1n) is 11.3. The summed E-state index contributed by atoms with van der Waals surface area (Å²) in [7, 11) is 0. The van der Waals surface area contributed by atoms with E-state index < -0.39 is 11.6 Å². The lowest BCUT2D eigenvalue weighted by Gasteiger charge is -2.23. The molecular weight excluding hydrogens is 440 g/mol. The molecule has 1 N–H and O–H groups in total. The van der Waals surface area contributed by atoms with Crippen molar-refractivity contribution in [2.45, 2.75) is 51.2 Å². The van der Waals surface area contributed by atoms with Crippen LogP contribution in [0.4, 0.5) is 8.78 Å². The number of hydrogen-bond acceptors (Lipinski definition) is 4. The van der Waals surface area contributed by atoms with Gasteiger partial charge in [-0.25, -0.2) is 13.8 Å². The van der Waals surface area contributed by atoms with Crippen molar-refractivity contribution in [1.29, 1.82) is 0 Å². The van der Waals surface area contributed by atoms with Crippen LogP contribution >= 0.6 is 11.3 Å². The molecule has 1 aliphatic rings. The summed E-state index contributed by atoms with van der Waals surface area (Å²) in [6, 6.07) is 14.7. The van der Waals surface area contributed by atoms with Crippen LogP contribution in [0.15, 0.2) is 59.7 Å². The van der Waals surface area contributed by atoms with Gasteiger partial charge >= 0.3 is 0 Å². The summed E-state index contributed by atoms with van der Waals surface area (Å²) in [4.78, 5) is 19.7. The van der Waals surface area contributed by atoms with E-state index in [4.69, 9.17) is 0 Å². The smallest absolute Gasteiger partial charge is 0.262 e. The summed E-state index contributed by atoms with van der Waals surface area (Å²) in [6.07, 6.45) is 5.86. The Hall–Kier alpha value is -2.90. The quantitative estimate of drug-likeness (QED) is 0.417. The number of nitrogens with zero attached hydrogens (tertiary/aromatic N) is 2. The van der Waals surface area contributed by atoms with Gasteiger partial charge in [0.1, 0.15) is 4.83 Å². The van der Waals surface area contributed by atoms with Gasteiger partial charge in [0.2, 0.25) is 0 Å². The van der Waals surface area contributed by atoms with Gasteiger partial charge < -0.3 is 5.32 Å². The number of hydrogen-bond donors (Lipinski definition) is 1. The molecule has 0 bridgehead atoms. The number of benzene rings is 2. The third kappa shape index (κ3) is 4.61. The van der Waals surface area contributed by atoms with E-state index in [2.05, 4.69) is 22.4 Å². The third-order valence-electron chi connectivity index (χ3n) is 6.36. The van der Waals surface area contributed by atoms with E-state index >= 15 is 0 Å². The van der Waals surface area contributed by atoms with Crippen LogP contribution in [-0.4, -0.2) is 15.6 Å². The number of nitrogens with one attached hydrogen (secondary N) is 1. The lowest BCUT2D eigenvalue weighted by molar-refractivity contribution is 0.445. The normalized spacial score (nSPS) is 15.6. The highest BCUT2D eigenvalue weighted by molar-refractivity contribution is 7.18. The van der Waals surface area contributed by atoms with Gasteiger partial charge in [-0.2, -0.15) is 0 Å². The molecule has 0 amide bonds. The predicted octanol–water partition coefficient (Wildman–Crippen LogP) is 5.02. The van der Waals surface area contributed by atoms with Crippen LogP contribution in [0.5, 0.6) is 0 Å². The van der Waals surface area contributed by atoms with Crippen LogP contribution in [0, 0.1) is 11.6 Å². The van der Waals surface area contributed by atoms with E-state index in [-0.39, 0.29) is 18.1 Å². The molecule has 33 heavy (non-hydrogen) atoms. The zero-order valence-corrected chi connectivity index (χ0v) is 19.0. The molecule has 0 aliphatic heterocycles. The topological polar surface area (TPSA) is 46.9 Å². The highest BCUT2D eigenvalue weighted by atomic mass is 32.1. The second kappa shape index (κ2) is 9.53. The Morgan fingerprint density at radius 3 is 2.82 bits per heavy atom. The van der Waals surface area contributed by atoms with Gasteiger partial charge in [-0.05, 0) is 49.3 Å². The van der Waals surface area contributed by atoms with Crippen molar-refractivity contribution in [1.82, 2.24) is 14.9 Å². The molecule has 7 heteroatoms. The molecule has 0 saturated heterocycles. The molecule has 4 nitrogen and oxygen atoms in total. The van der Waals surface area contributed by atoms with Crippen molar-refractivity contribution >= 4 is 21.6 Å². The van der Waals surface area contributed by atoms with Crippen molar-refractivity contribution in [2.75, 3.05) is 0 Å². The average molecular weight is 466 g/mol. The average Bonchev–Trinajstić information content (AvgIpc) is 3.21. The maximum Gasteiger partial charge on any atom is 0.262 e. The van der Waals surface area contributed by atoms with Gasteiger partial charge in [-0.3, -0.25) is 9.36 Å². The summed E-state index contributed by atoms with van der Waals surface area (Å²) >= 11 is 1.58. The first-order valence-corrected chi connectivity index (χ1v) is 12.1. The van der Waals surface area contributed by atoms with Gasteiger partial charge in [0.05, 0.1) is 11.7 Å². The zero-order valence-electron chi connectivity index (χ0n) is 18.2. The number of thiophene rings is 1. The summed E-state index contributed by atoms with van der Waals surface area (Å²) in [5, 5.41) is 4.11. The summed E-state index contributed by atoms with van der Waals surface area (Å²) in [5.41, 5.74) is 2.75. The first kappa shape index (κ1) is 21.9. The summed E-state index contributed by atoms with van der Waals surface area (Å²) < 4.78 is 29.1. The number of fused-ring (bicyclic) bond motifs is 3. The Bertz CT molecular complexity index is 1330. The van der Waals surface area contributed by atoms with Gasteiger partial charge in [0.25, 0.3) is 5.56 Å². The Balaban J connectivity index is 1.28. The van der Waals surface area contributed by atoms with Crippen LogP contribution in [0.2, 0.25) is 0 Å². The number of halogens is 2. The van der Waals surface area contributed by atoms with Gasteiger partial charge in [0.15, 0.2) is 11.6 Å². The Morgan fingerprint density at radius 1 is 1.12 bits per heavy atom. The van der Waals surface area contributed by atoms with Gasteiger partial charge in [0, 0.05) is 29.6 Å². The van der Waals surface area contributed by atoms with Crippen molar-refractivity contribution in [3.05, 3.63) is 98.4 Å². The number of aryl methyl sites for hydroxylation is 3. The molecule has 170 valence electrons. The van der Waals surface area contributed by atoms with Crippen molar-refractivity contribution in [3.8, 4) is 0 Å². The minimum Gasteiger partial charge on any atom is -0.309 e. The van der Waals surface area contributed by atoms with Crippen molar-refractivity contribution in [2.24, 2.45) is 0 Å². The maximum atomic E-state index is 13.9. The fourth-order valence-corrected chi connectivity index (χ4v) is 5.83. The predicted molar refractivity (Wildman–Crippen MR) is 128 cm³/mol. The lowest BCUT2D eigenvalue weighted by atomic mass is 9.93. The molecule has 2 aromatic heterocycles. The summed E-state index contributed by atoms with van der Waals surface area (Å²) in [6.45, 7) is 0.922. The second-order valence-corrected chi connectivity index (χ2v) is 9.63. The lowest BCUT2D eigenvalue weighted by Crippen LogP contribution is -2.34. The van der Waals surface area contributed by atoms with E-state index in [9.17, 15) is 13.6 Å². The highest BCUT2D eigenvalue weighted by Gasteiger charge is 2.25. The van der Waals surface area contributed by atoms with Gasteiger partial charge in [-0.1, -0.05) is 42.5 Å². The van der Waals surface area contributed by atoms with Crippen LogP contribution in [0.1, 0.15) is 34.4 Å². The van der Waals surface area contributed by atoms with Crippen molar-refractivity contribution in [3.63, 3.8) is 0 Å². The molecule has 4 aromatic rings. The van der Waals surface area contributed by atoms with E-state index in [1.165, 1.54) is 16.5 Å². The minimum absolute atomic E-state index is 0.0406. The molecule has 1 aliphatic carbocycles. The first-order chi connectivity index (χ1) is 16.1. The molecule has 2 heterocycles. The second-order valence-electron chi connectivity index (χ2n) is 8.55. The van der Waals surface area contributed by atoms with Crippen LogP contribution < -0.4 is 10.9 Å². The largest absolute Gasteiger partial charge is 0.309 e. The Morgan fingerprint density at radius 2 is 1.97 bits per heavy atom. The number of rotatable bonds is 7. The van der Waals surface area contributed by atoms with Gasteiger partial charge in [-0.15, -0.1) is 11.3 Å². The monoisotopic (exact) mass is 465 g/mol. The molecule has 0 spiro atoms. The summed E-state index contributed by atoms with van der Waals surface area (Å²) in [5.74, 6) is -1.61. The maximum absolute atomic E-state index is 13.9. The fourth-order valence-electron chi connectivity index (χ4n) is 4.57. The zero-order chi connectivity index (χ0) is 22.8. The van der Waals surface area contributed by atoms with Crippen LogP contribution in [0.25, 0.3) is 10.2 Å². The Kier molecular flexibility index (Phi) is 6.33. The standard InChI is InChI=1S/C26H25F2N3OS/c27-21-10-4-9-18(24(21)28)15-29-19-11-12-20-22(14-19)33-25-23(20)26(32)31(16-30-25)13-5-8-17-6-2-1-3-7-17/h1-4,6-7,9-10,16,19,29H,5,8,11-15H2. The van der Waals surface area contributed by atoms with Crippen molar-refractivity contribution < 1.29 is 8.78 Å².